The van der Waals surface area contributed by atoms with Crippen molar-refractivity contribution in [2.45, 2.75) is 40.7 Å². The Morgan fingerprint density at radius 2 is 1.91 bits per heavy atom. The molecule has 0 saturated carbocycles. The van der Waals surface area contributed by atoms with Crippen molar-refractivity contribution in [2.75, 3.05) is 0 Å². The maximum Gasteiger partial charge on any atom is 0.332 e. The summed E-state index contributed by atoms with van der Waals surface area (Å²) in [5.74, 6) is 1.02. The van der Waals surface area contributed by atoms with Crippen LogP contribution in [0.2, 0.25) is 0 Å². The van der Waals surface area contributed by atoms with Crippen LogP contribution >= 0.6 is 0 Å². The zero-order valence-corrected chi connectivity index (χ0v) is 13.6. The topological polar surface area (TPSA) is 77.1 Å². The van der Waals surface area contributed by atoms with Crippen molar-refractivity contribution in [1.82, 2.24) is 23.5 Å². The molecule has 1 N–H and O–H groups in total. The Bertz CT molecular complexity index is 984. The van der Waals surface area contributed by atoms with Crippen LogP contribution in [-0.2, 0) is 13.6 Å². The van der Waals surface area contributed by atoms with Crippen molar-refractivity contribution < 1.29 is 0 Å². The van der Waals surface area contributed by atoms with Crippen LogP contribution in [0.4, 0.5) is 0 Å². The minimum atomic E-state index is -0.312. The molecule has 3 aromatic rings. The third kappa shape index (κ3) is 1.92. The molecule has 3 rings (SSSR count). The van der Waals surface area contributed by atoms with Gasteiger partial charge in [0.25, 0.3) is 5.56 Å². The van der Waals surface area contributed by atoms with Gasteiger partial charge in [-0.2, -0.15) is 4.98 Å². The number of rotatable bonds is 3. The average Bonchev–Trinajstić information content (AvgIpc) is 2.94. The monoisotopic (exact) mass is 303 g/mol. The fraction of sp³-hybridized carbons (Fsp3) is 0.533. The molecule has 3 heterocycles. The van der Waals surface area contributed by atoms with E-state index in [0.29, 0.717) is 29.4 Å². The van der Waals surface area contributed by atoms with Gasteiger partial charge in [-0.3, -0.25) is 18.3 Å². The fourth-order valence-electron chi connectivity index (χ4n) is 2.74. The maximum absolute atomic E-state index is 12.8. The molecule has 0 radical (unpaired) electrons. The maximum atomic E-state index is 12.8. The molecule has 7 heteroatoms. The molecule has 0 amide bonds. The van der Waals surface area contributed by atoms with Crippen LogP contribution in [0.3, 0.4) is 0 Å². The third-order valence-corrected chi connectivity index (χ3v) is 4.25. The van der Waals surface area contributed by atoms with E-state index in [0.717, 1.165) is 17.8 Å². The molecular weight excluding hydrogens is 282 g/mol. The Kier molecular flexibility index (Phi) is 3.23. The first-order chi connectivity index (χ1) is 10.3. The van der Waals surface area contributed by atoms with E-state index in [4.69, 9.17) is 0 Å². The van der Waals surface area contributed by atoms with Crippen LogP contribution in [0.5, 0.6) is 0 Å². The summed E-state index contributed by atoms with van der Waals surface area (Å²) in [6.07, 6.45) is 0.785. The molecule has 0 aliphatic carbocycles. The number of aromatic amines is 1. The van der Waals surface area contributed by atoms with Gasteiger partial charge in [0, 0.05) is 25.0 Å². The molecule has 0 spiro atoms. The van der Waals surface area contributed by atoms with Crippen LogP contribution in [0, 0.1) is 19.8 Å². The second kappa shape index (κ2) is 4.86. The van der Waals surface area contributed by atoms with Crippen LogP contribution in [0.1, 0.15) is 31.7 Å². The highest BCUT2D eigenvalue weighted by Gasteiger charge is 2.19. The van der Waals surface area contributed by atoms with Gasteiger partial charge in [-0.25, -0.2) is 4.79 Å². The highest BCUT2D eigenvalue weighted by molar-refractivity contribution is 5.76. The molecule has 0 aromatic carbocycles. The van der Waals surface area contributed by atoms with Gasteiger partial charge in [0.1, 0.15) is 0 Å². The number of fused-ring (bicyclic) bond motifs is 3. The van der Waals surface area contributed by atoms with Crippen molar-refractivity contribution in [3.63, 3.8) is 0 Å². The van der Waals surface area contributed by atoms with Gasteiger partial charge in [0.15, 0.2) is 11.2 Å². The molecule has 0 aliphatic heterocycles. The van der Waals surface area contributed by atoms with Crippen molar-refractivity contribution in [1.29, 1.82) is 0 Å². The number of nitrogens with one attached hydrogen (secondary N) is 1. The second-order valence-electron chi connectivity index (χ2n) is 6.26. The van der Waals surface area contributed by atoms with E-state index < -0.39 is 0 Å². The summed E-state index contributed by atoms with van der Waals surface area (Å²) in [6, 6.07) is 0. The molecule has 0 fully saturated rings. The average molecular weight is 303 g/mol. The molecule has 0 bridgehead atoms. The first-order valence-electron chi connectivity index (χ1n) is 7.50. The molecule has 7 nitrogen and oxygen atoms in total. The van der Waals surface area contributed by atoms with Crippen LogP contribution in [0.15, 0.2) is 9.59 Å². The van der Waals surface area contributed by atoms with Gasteiger partial charge in [-0.15, -0.1) is 0 Å². The normalized spacial score (nSPS) is 12.1. The van der Waals surface area contributed by atoms with Crippen molar-refractivity contribution in [3.05, 3.63) is 32.2 Å². The molecule has 0 atom stereocenters. The summed E-state index contributed by atoms with van der Waals surface area (Å²) in [7, 11) is 1.66. The Balaban J connectivity index is 2.41. The van der Waals surface area contributed by atoms with E-state index >= 15 is 0 Å². The molecular formula is C15H21N5O2. The highest BCUT2D eigenvalue weighted by Crippen LogP contribution is 2.16. The number of aromatic nitrogens is 5. The highest BCUT2D eigenvalue weighted by atomic mass is 16.2. The van der Waals surface area contributed by atoms with E-state index in [2.05, 4.69) is 23.8 Å². The van der Waals surface area contributed by atoms with Gasteiger partial charge in [0.05, 0.1) is 0 Å². The first-order valence-corrected chi connectivity index (χ1v) is 7.50. The zero-order chi connectivity index (χ0) is 16.2. The molecule has 0 aliphatic rings. The van der Waals surface area contributed by atoms with Crippen LogP contribution < -0.4 is 11.2 Å². The fourth-order valence-corrected chi connectivity index (χ4v) is 2.74. The van der Waals surface area contributed by atoms with Gasteiger partial charge < -0.3 is 4.98 Å². The summed E-state index contributed by atoms with van der Waals surface area (Å²) in [5, 5.41) is 0. The minimum absolute atomic E-state index is 0.270. The van der Waals surface area contributed by atoms with Crippen LogP contribution in [0.25, 0.3) is 16.9 Å². The number of imidazole rings is 2. The number of hydrogen-bond acceptors (Lipinski definition) is 3. The smallest absolute Gasteiger partial charge is 0.327 e. The molecule has 0 unspecified atom stereocenters. The predicted molar refractivity (Wildman–Crippen MR) is 85.5 cm³/mol. The second-order valence-corrected chi connectivity index (χ2v) is 6.26. The lowest BCUT2D eigenvalue weighted by Gasteiger charge is -2.09. The van der Waals surface area contributed by atoms with Gasteiger partial charge >= 0.3 is 5.69 Å². The van der Waals surface area contributed by atoms with Gasteiger partial charge in [-0.1, -0.05) is 13.8 Å². The van der Waals surface area contributed by atoms with Crippen molar-refractivity contribution >= 4 is 16.9 Å². The Labute approximate surface area is 127 Å². The Hall–Kier alpha value is -2.31. The van der Waals surface area contributed by atoms with E-state index in [1.165, 1.54) is 9.13 Å². The molecule has 3 aromatic heterocycles. The van der Waals surface area contributed by atoms with Crippen molar-refractivity contribution in [3.8, 4) is 0 Å². The van der Waals surface area contributed by atoms with Crippen LogP contribution in [-0.4, -0.2) is 23.5 Å². The number of H-pyrrole nitrogens is 1. The van der Waals surface area contributed by atoms with Crippen molar-refractivity contribution in [2.24, 2.45) is 13.0 Å². The molecule has 118 valence electrons. The lowest BCUT2D eigenvalue weighted by Crippen LogP contribution is -2.39. The predicted octanol–water partition coefficient (Wildman–Crippen LogP) is 1.34. The van der Waals surface area contributed by atoms with Gasteiger partial charge in [-0.05, 0) is 26.2 Å². The van der Waals surface area contributed by atoms with Gasteiger partial charge in [0.2, 0.25) is 5.78 Å². The van der Waals surface area contributed by atoms with E-state index in [9.17, 15) is 9.59 Å². The summed E-state index contributed by atoms with van der Waals surface area (Å²) in [6.45, 7) is 8.45. The van der Waals surface area contributed by atoms with E-state index in [-0.39, 0.29) is 11.2 Å². The summed E-state index contributed by atoms with van der Waals surface area (Å²) in [5.41, 5.74) is 2.20. The molecule has 22 heavy (non-hydrogen) atoms. The Morgan fingerprint density at radius 1 is 1.23 bits per heavy atom. The largest absolute Gasteiger partial charge is 0.332 e. The quantitative estimate of drug-likeness (QED) is 0.793. The minimum Gasteiger partial charge on any atom is -0.327 e. The number of nitrogens with zero attached hydrogens (tertiary/aromatic N) is 4. The Morgan fingerprint density at radius 3 is 2.55 bits per heavy atom. The van der Waals surface area contributed by atoms with E-state index in [1.807, 2.05) is 13.8 Å². The lowest BCUT2D eigenvalue weighted by atomic mass is 10.1. The standard InChI is InChI=1S/C15H21N5O2/c1-8(2)6-7-19-13(21)11-12(18(5)15(19)22)17-14-16-9(3)10(4)20(11)14/h8H,6-7H2,1-5H3,(H,16,17). The SMILES string of the molecule is Cc1[nH]c2nc3c(c(=O)n(CCC(C)C)c(=O)n3C)n2c1C. The first kappa shape index (κ1) is 14.6. The number of hydrogen-bond donors (Lipinski definition) is 1. The molecule has 0 saturated heterocycles. The summed E-state index contributed by atoms with van der Waals surface area (Å²) in [4.78, 5) is 32.8. The number of aryl methyl sites for hydroxylation is 3. The zero-order valence-electron chi connectivity index (χ0n) is 13.6. The third-order valence-electron chi connectivity index (χ3n) is 4.25. The lowest BCUT2D eigenvalue weighted by molar-refractivity contribution is 0.488. The summed E-state index contributed by atoms with van der Waals surface area (Å²) < 4.78 is 4.57. The summed E-state index contributed by atoms with van der Waals surface area (Å²) >= 11 is 0. The van der Waals surface area contributed by atoms with E-state index in [1.54, 1.807) is 11.4 Å².